The van der Waals surface area contributed by atoms with Crippen LogP contribution in [0.1, 0.15) is 18.2 Å². The van der Waals surface area contributed by atoms with E-state index in [4.69, 9.17) is 9.47 Å². The van der Waals surface area contributed by atoms with Crippen molar-refractivity contribution >= 4 is 0 Å². The Labute approximate surface area is 119 Å². The first kappa shape index (κ1) is 14.3. The van der Waals surface area contributed by atoms with E-state index in [-0.39, 0.29) is 0 Å². The van der Waals surface area contributed by atoms with Gasteiger partial charge in [0.1, 0.15) is 0 Å². The Hall–Kier alpha value is -2.14. The summed E-state index contributed by atoms with van der Waals surface area (Å²) in [5.41, 5.74) is 2.00. The van der Waals surface area contributed by atoms with Crippen molar-refractivity contribution in [3.63, 3.8) is 0 Å². The van der Waals surface area contributed by atoms with Gasteiger partial charge in [0.25, 0.3) is 0 Å². The molecule has 0 saturated heterocycles. The lowest BCUT2D eigenvalue weighted by Crippen LogP contribution is -2.13. The van der Waals surface area contributed by atoms with Gasteiger partial charge < -0.3 is 14.8 Å². The third-order valence-electron chi connectivity index (χ3n) is 2.77. The molecule has 0 fully saturated rings. The van der Waals surface area contributed by atoms with Gasteiger partial charge in [0.05, 0.1) is 25.2 Å². The van der Waals surface area contributed by atoms with Crippen molar-refractivity contribution in [3.8, 4) is 17.4 Å². The molecule has 0 unspecified atom stereocenters. The summed E-state index contributed by atoms with van der Waals surface area (Å²) >= 11 is 0. The fraction of sp³-hybridized carbons (Fsp3) is 0.333. The number of aromatic nitrogens is 2. The molecule has 0 bridgehead atoms. The molecule has 5 heteroatoms. The maximum Gasteiger partial charge on any atom is 0.238 e. The van der Waals surface area contributed by atoms with E-state index in [0.29, 0.717) is 23.9 Å². The average molecular weight is 273 g/mol. The summed E-state index contributed by atoms with van der Waals surface area (Å²) < 4.78 is 11.0. The molecule has 2 aromatic rings. The Morgan fingerprint density at radius 3 is 2.65 bits per heavy atom. The van der Waals surface area contributed by atoms with Gasteiger partial charge >= 0.3 is 0 Å². The van der Waals surface area contributed by atoms with E-state index in [1.807, 2.05) is 25.1 Å². The lowest BCUT2D eigenvalue weighted by Gasteiger charge is -2.10. The molecule has 1 heterocycles. The van der Waals surface area contributed by atoms with Crippen molar-refractivity contribution in [2.24, 2.45) is 0 Å². The highest BCUT2D eigenvalue weighted by atomic mass is 16.5. The van der Waals surface area contributed by atoms with Gasteiger partial charge in [0.15, 0.2) is 11.5 Å². The molecule has 5 nitrogen and oxygen atoms in total. The Morgan fingerprint density at radius 2 is 2.00 bits per heavy atom. The van der Waals surface area contributed by atoms with Crippen molar-refractivity contribution < 1.29 is 9.47 Å². The van der Waals surface area contributed by atoms with Gasteiger partial charge in [-0.15, -0.1) is 0 Å². The number of aryl methyl sites for hydroxylation is 1. The lowest BCUT2D eigenvalue weighted by atomic mass is 10.2. The van der Waals surface area contributed by atoms with Gasteiger partial charge in [0, 0.05) is 6.54 Å². The van der Waals surface area contributed by atoms with Gasteiger partial charge in [0.2, 0.25) is 5.88 Å². The van der Waals surface area contributed by atoms with Crippen LogP contribution in [0, 0.1) is 6.92 Å². The Morgan fingerprint density at radius 1 is 1.15 bits per heavy atom. The van der Waals surface area contributed by atoms with E-state index in [1.165, 1.54) is 0 Å². The molecule has 1 aromatic heterocycles. The quantitative estimate of drug-likeness (QED) is 0.877. The van der Waals surface area contributed by atoms with Crippen molar-refractivity contribution in [1.29, 1.82) is 0 Å². The Kier molecular flexibility index (Phi) is 4.90. The molecule has 0 spiro atoms. The zero-order valence-corrected chi connectivity index (χ0v) is 12.0. The third kappa shape index (κ3) is 3.68. The van der Waals surface area contributed by atoms with Gasteiger partial charge in [-0.05, 0) is 31.2 Å². The molecule has 1 N–H and O–H groups in total. The smallest absolute Gasteiger partial charge is 0.238 e. The van der Waals surface area contributed by atoms with E-state index in [1.54, 1.807) is 19.5 Å². The summed E-state index contributed by atoms with van der Waals surface area (Å²) in [4.78, 5) is 8.54. The van der Waals surface area contributed by atoms with Crippen molar-refractivity contribution in [1.82, 2.24) is 15.3 Å². The van der Waals surface area contributed by atoms with E-state index in [9.17, 15) is 0 Å². The van der Waals surface area contributed by atoms with Crippen LogP contribution < -0.4 is 14.8 Å². The van der Waals surface area contributed by atoms with E-state index in [2.05, 4.69) is 22.2 Å². The predicted molar refractivity (Wildman–Crippen MR) is 77.2 cm³/mol. The second-order valence-corrected chi connectivity index (χ2v) is 4.38. The first-order valence-electron chi connectivity index (χ1n) is 6.57. The number of hydrogen-bond donors (Lipinski definition) is 1. The summed E-state index contributed by atoms with van der Waals surface area (Å²) in [5.74, 6) is 1.77. The molecule has 0 saturated carbocycles. The standard InChI is InChI=1S/C15H19N3O2/c1-4-16-8-12-9-18-15(10-17-12)20-13-6-5-11(2)7-14(13)19-3/h5-7,9-10,16H,4,8H2,1-3H3. The molecule has 0 aliphatic carbocycles. The van der Waals surface area contributed by atoms with Gasteiger partial charge in [-0.1, -0.05) is 13.0 Å². The zero-order chi connectivity index (χ0) is 14.4. The van der Waals surface area contributed by atoms with E-state index >= 15 is 0 Å². The van der Waals surface area contributed by atoms with Gasteiger partial charge in [-0.2, -0.15) is 0 Å². The molecule has 20 heavy (non-hydrogen) atoms. The molecule has 1 aromatic carbocycles. The number of nitrogens with one attached hydrogen (secondary N) is 1. The lowest BCUT2D eigenvalue weighted by molar-refractivity contribution is 0.373. The monoisotopic (exact) mass is 273 g/mol. The summed E-state index contributed by atoms with van der Waals surface area (Å²) in [5, 5.41) is 3.19. The number of rotatable bonds is 6. The maximum atomic E-state index is 5.70. The number of ether oxygens (including phenoxy) is 2. The van der Waals surface area contributed by atoms with Crippen LogP contribution in [0.2, 0.25) is 0 Å². The predicted octanol–water partition coefficient (Wildman–Crippen LogP) is 2.70. The number of hydrogen-bond acceptors (Lipinski definition) is 5. The fourth-order valence-electron chi connectivity index (χ4n) is 1.71. The zero-order valence-electron chi connectivity index (χ0n) is 12.0. The second kappa shape index (κ2) is 6.86. The minimum Gasteiger partial charge on any atom is -0.493 e. The molecule has 106 valence electrons. The van der Waals surface area contributed by atoms with Crippen molar-refractivity contribution in [2.75, 3.05) is 13.7 Å². The Bertz CT molecular complexity index is 556. The van der Waals surface area contributed by atoms with Crippen LogP contribution in [-0.2, 0) is 6.54 Å². The molecule has 0 radical (unpaired) electrons. The number of benzene rings is 1. The van der Waals surface area contributed by atoms with Crippen LogP contribution in [0.15, 0.2) is 30.6 Å². The van der Waals surface area contributed by atoms with Crippen LogP contribution in [0.3, 0.4) is 0 Å². The minimum atomic E-state index is 0.451. The van der Waals surface area contributed by atoms with Crippen molar-refractivity contribution in [3.05, 3.63) is 41.9 Å². The highest BCUT2D eigenvalue weighted by molar-refractivity contribution is 5.44. The van der Waals surface area contributed by atoms with Crippen LogP contribution >= 0.6 is 0 Å². The molecular weight excluding hydrogens is 254 g/mol. The molecule has 0 atom stereocenters. The Balaban J connectivity index is 2.10. The highest BCUT2D eigenvalue weighted by Crippen LogP contribution is 2.30. The fourth-order valence-corrected chi connectivity index (χ4v) is 1.71. The summed E-state index contributed by atoms with van der Waals surface area (Å²) in [6, 6.07) is 5.75. The first-order valence-corrected chi connectivity index (χ1v) is 6.57. The average Bonchev–Trinajstić information content (AvgIpc) is 2.48. The summed E-state index contributed by atoms with van der Waals surface area (Å²) in [6.07, 6.45) is 3.32. The summed E-state index contributed by atoms with van der Waals surface area (Å²) in [6.45, 7) is 5.66. The minimum absolute atomic E-state index is 0.451. The molecule has 0 amide bonds. The van der Waals surface area contributed by atoms with Crippen LogP contribution in [0.25, 0.3) is 0 Å². The van der Waals surface area contributed by atoms with Crippen LogP contribution in [-0.4, -0.2) is 23.6 Å². The third-order valence-corrected chi connectivity index (χ3v) is 2.77. The maximum absolute atomic E-state index is 5.70. The molecular formula is C15H19N3O2. The molecule has 0 aliphatic rings. The van der Waals surface area contributed by atoms with E-state index in [0.717, 1.165) is 17.8 Å². The first-order chi connectivity index (χ1) is 9.72. The van der Waals surface area contributed by atoms with Gasteiger partial charge in [-0.3, -0.25) is 4.98 Å². The van der Waals surface area contributed by atoms with Crippen LogP contribution in [0.5, 0.6) is 17.4 Å². The van der Waals surface area contributed by atoms with Crippen LogP contribution in [0.4, 0.5) is 0 Å². The highest BCUT2D eigenvalue weighted by Gasteiger charge is 2.07. The topological polar surface area (TPSA) is 56.3 Å². The molecule has 2 rings (SSSR count). The SMILES string of the molecule is CCNCc1cnc(Oc2ccc(C)cc2OC)cn1. The van der Waals surface area contributed by atoms with Crippen molar-refractivity contribution in [2.45, 2.75) is 20.4 Å². The van der Waals surface area contributed by atoms with E-state index < -0.39 is 0 Å². The summed E-state index contributed by atoms with van der Waals surface area (Å²) in [7, 11) is 1.62. The largest absolute Gasteiger partial charge is 0.493 e. The number of methoxy groups -OCH3 is 1. The second-order valence-electron chi connectivity index (χ2n) is 4.38. The number of nitrogens with zero attached hydrogens (tertiary/aromatic N) is 2. The van der Waals surface area contributed by atoms with Gasteiger partial charge in [-0.25, -0.2) is 4.98 Å². The normalized spacial score (nSPS) is 10.3. The molecule has 0 aliphatic heterocycles.